The first-order valence-electron chi connectivity index (χ1n) is 5.87. The first-order valence-corrected chi connectivity index (χ1v) is 6.25. The van der Waals surface area contributed by atoms with Crippen LogP contribution in [0.3, 0.4) is 0 Å². The maximum atomic E-state index is 12.0. The summed E-state index contributed by atoms with van der Waals surface area (Å²) in [7, 11) is 0. The first kappa shape index (κ1) is 15.0. The quantitative estimate of drug-likeness (QED) is 0.859. The Balaban J connectivity index is 2.75. The van der Waals surface area contributed by atoms with Gasteiger partial charge in [0, 0.05) is 11.4 Å². The Morgan fingerprint density at radius 3 is 2.17 bits per heavy atom. The fourth-order valence-electron chi connectivity index (χ4n) is 1.49. The van der Waals surface area contributed by atoms with Gasteiger partial charge < -0.3 is 10.5 Å². The summed E-state index contributed by atoms with van der Waals surface area (Å²) in [6.07, 6.45) is 0.416. The van der Waals surface area contributed by atoms with Crippen LogP contribution in [0.4, 0.5) is 0 Å². The number of nitrogens with two attached hydrogens (primary N) is 1. The number of halogens is 1. The molecule has 0 aliphatic carbocycles. The third kappa shape index (κ3) is 4.67. The molecule has 0 radical (unpaired) electrons. The van der Waals surface area contributed by atoms with E-state index in [2.05, 4.69) is 0 Å². The second-order valence-corrected chi connectivity index (χ2v) is 6.16. The number of esters is 1. The lowest BCUT2D eigenvalue weighted by atomic mass is 9.94. The van der Waals surface area contributed by atoms with E-state index < -0.39 is 17.1 Å². The van der Waals surface area contributed by atoms with Gasteiger partial charge in [-0.05, 0) is 45.4 Å². The van der Waals surface area contributed by atoms with Crippen LogP contribution in [0.15, 0.2) is 24.3 Å². The van der Waals surface area contributed by atoms with Crippen LogP contribution in [0.1, 0.15) is 33.3 Å². The third-order valence-electron chi connectivity index (χ3n) is 2.35. The highest BCUT2D eigenvalue weighted by Gasteiger charge is 2.33. The molecule has 0 aromatic heterocycles. The van der Waals surface area contributed by atoms with Crippen molar-refractivity contribution in [2.24, 2.45) is 5.73 Å². The summed E-state index contributed by atoms with van der Waals surface area (Å²) in [6, 6.07) is 7.28. The van der Waals surface area contributed by atoms with Gasteiger partial charge in [0.25, 0.3) is 0 Å². The summed E-state index contributed by atoms with van der Waals surface area (Å²) in [5, 5.41) is 0.662. The normalized spacial score (nSPS) is 15.0. The summed E-state index contributed by atoms with van der Waals surface area (Å²) in [5.41, 5.74) is 5.41. The second kappa shape index (κ2) is 5.29. The molecule has 0 amide bonds. The van der Waals surface area contributed by atoms with Gasteiger partial charge in [0.15, 0.2) is 0 Å². The Kier molecular flexibility index (Phi) is 4.41. The molecule has 0 saturated carbocycles. The number of ether oxygens (including phenoxy) is 1. The van der Waals surface area contributed by atoms with Gasteiger partial charge in [-0.2, -0.15) is 0 Å². The SMILES string of the molecule is CC(C)(C)OC(=O)C(C)(N)Cc1ccc(Cl)cc1. The summed E-state index contributed by atoms with van der Waals surface area (Å²) < 4.78 is 5.31. The van der Waals surface area contributed by atoms with Crippen LogP contribution in [0, 0.1) is 0 Å². The predicted octanol–water partition coefficient (Wildman–Crippen LogP) is 2.94. The molecule has 1 atom stereocenters. The van der Waals surface area contributed by atoms with Gasteiger partial charge >= 0.3 is 5.97 Å². The zero-order valence-electron chi connectivity index (χ0n) is 11.3. The summed E-state index contributed by atoms with van der Waals surface area (Å²) in [5.74, 6) is -0.398. The van der Waals surface area contributed by atoms with Crippen LogP contribution < -0.4 is 5.73 Å². The van der Waals surface area contributed by atoms with E-state index in [1.165, 1.54) is 0 Å². The van der Waals surface area contributed by atoms with Crippen LogP contribution in [0.5, 0.6) is 0 Å². The van der Waals surface area contributed by atoms with Gasteiger partial charge in [-0.25, -0.2) is 0 Å². The second-order valence-electron chi connectivity index (χ2n) is 5.72. The van der Waals surface area contributed by atoms with E-state index in [9.17, 15) is 4.79 Å². The molecule has 4 heteroatoms. The van der Waals surface area contributed by atoms with Crippen molar-refractivity contribution in [3.63, 3.8) is 0 Å². The molecule has 1 aromatic rings. The maximum absolute atomic E-state index is 12.0. The number of benzene rings is 1. The fourth-order valence-corrected chi connectivity index (χ4v) is 1.62. The lowest BCUT2D eigenvalue weighted by Crippen LogP contribution is -2.50. The van der Waals surface area contributed by atoms with E-state index in [1.807, 2.05) is 32.9 Å². The topological polar surface area (TPSA) is 52.3 Å². The van der Waals surface area contributed by atoms with E-state index in [1.54, 1.807) is 19.1 Å². The molecule has 2 N–H and O–H groups in total. The van der Waals surface area contributed by atoms with Crippen molar-refractivity contribution in [1.29, 1.82) is 0 Å². The maximum Gasteiger partial charge on any atom is 0.326 e. The van der Waals surface area contributed by atoms with E-state index >= 15 is 0 Å². The molecular formula is C14H20ClNO2. The zero-order chi connectivity index (χ0) is 14.0. The first-order chi connectivity index (χ1) is 8.10. The summed E-state index contributed by atoms with van der Waals surface area (Å²) in [4.78, 5) is 12.0. The minimum absolute atomic E-state index is 0.398. The van der Waals surface area contributed by atoms with Crippen LogP contribution in [-0.4, -0.2) is 17.1 Å². The van der Waals surface area contributed by atoms with Crippen molar-refractivity contribution in [3.05, 3.63) is 34.9 Å². The Hall–Kier alpha value is -1.06. The van der Waals surface area contributed by atoms with Crippen molar-refractivity contribution in [3.8, 4) is 0 Å². The van der Waals surface area contributed by atoms with E-state index in [4.69, 9.17) is 22.1 Å². The van der Waals surface area contributed by atoms with Crippen molar-refractivity contribution in [1.82, 2.24) is 0 Å². The molecule has 100 valence electrons. The molecule has 1 rings (SSSR count). The smallest absolute Gasteiger partial charge is 0.326 e. The van der Waals surface area contributed by atoms with Crippen molar-refractivity contribution >= 4 is 17.6 Å². The van der Waals surface area contributed by atoms with Gasteiger partial charge in [0.05, 0.1) is 0 Å². The van der Waals surface area contributed by atoms with Gasteiger partial charge in [0.2, 0.25) is 0 Å². The predicted molar refractivity (Wildman–Crippen MR) is 73.6 cm³/mol. The van der Waals surface area contributed by atoms with Crippen LogP contribution in [-0.2, 0) is 16.0 Å². The Morgan fingerprint density at radius 2 is 1.72 bits per heavy atom. The number of carbonyl (C=O) groups excluding carboxylic acids is 1. The highest BCUT2D eigenvalue weighted by atomic mass is 35.5. The minimum atomic E-state index is -1.04. The average Bonchev–Trinajstić information content (AvgIpc) is 2.18. The van der Waals surface area contributed by atoms with Gasteiger partial charge in [-0.1, -0.05) is 23.7 Å². The van der Waals surface area contributed by atoms with Crippen molar-refractivity contribution < 1.29 is 9.53 Å². The summed E-state index contributed by atoms with van der Waals surface area (Å²) >= 11 is 5.81. The molecular weight excluding hydrogens is 250 g/mol. The molecule has 0 aliphatic rings. The highest BCUT2D eigenvalue weighted by Crippen LogP contribution is 2.18. The van der Waals surface area contributed by atoms with Gasteiger partial charge in [-0.15, -0.1) is 0 Å². The third-order valence-corrected chi connectivity index (χ3v) is 2.60. The number of carbonyl (C=O) groups is 1. The Labute approximate surface area is 113 Å². The molecule has 1 unspecified atom stereocenters. The van der Waals surface area contributed by atoms with Crippen LogP contribution in [0.25, 0.3) is 0 Å². The van der Waals surface area contributed by atoms with E-state index in [0.29, 0.717) is 11.4 Å². The van der Waals surface area contributed by atoms with Crippen molar-refractivity contribution in [2.45, 2.75) is 45.3 Å². The number of rotatable bonds is 3. The molecule has 0 saturated heterocycles. The lowest BCUT2D eigenvalue weighted by molar-refractivity contribution is -0.160. The van der Waals surface area contributed by atoms with Crippen molar-refractivity contribution in [2.75, 3.05) is 0 Å². The van der Waals surface area contributed by atoms with Crippen LogP contribution in [0.2, 0.25) is 5.02 Å². The molecule has 1 aromatic carbocycles. The van der Waals surface area contributed by atoms with Gasteiger partial charge in [-0.3, -0.25) is 4.79 Å². The van der Waals surface area contributed by atoms with E-state index in [0.717, 1.165) is 5.56 Å². The zero-order valence-corrected chi connectivity index (χ0v) is 12.0. The molecule has 0 fully saturated rings. The molecule has 3 nitrogen and oxygen atoms in total. The lowest BCUT2D eigenvalue weighted by Gasteiger charge is -2.28. The minimum Gasteiger partial charge on any atom is -0.459 e. The van der Waals surface area contributed by atoms with Gasteiger partial charge in [0.1, 0.15) is 11.1 Å². The largest absolute Gasteiger partial charge is 0.459 e. The molecule has 0 heterocycles. The molecule has 0 aliphatic heterocycles. The van der Waals surface area contributed by atoms with Crippen LogP contribution >= 0.6 is 11.6 Å². The average molecular weight is 270 g/mol. The monoisotopic (exact) mass is 269 g/mol. The standard InChI is InChI=1S/C14H20ClNO2/c1-13(2,3)18-12(17)14(4,16)9-10-5-7-11(15)8-6-10/h5-8H,9,16H2,1-4H3. The number of hydrogen-bond acceptors (Lipinski definition) is 3. The highest BCUT2D eigenvalue weighted by molar-refractivity contribution is 6.30. The Bertz CT molecular complexity index is 418. The fraction of sp³-hybridized carbons (Fsp3) is 0.500. The molecule has 0 spiro atoms. The van der Waals surface area contributed by atoms with E-state index in [-0.39, 0.29) is 0 Å². The summed E-state index contributed by atoms with van der Waals surface area (Å²) in [6.45, 7) is 7.14. The number of hydrogen-bond donors (Lipinski definition) is 1. The molecule has 0 bridgehead atoms. The molecule has 18 heavy (non-hydrogen) atoms. The Morgan fingerprint density at radius 1 is 1.22 bits per heavy atom.